The van der Waals surface area contributed by atoms with Crippen molar-refractivity contribution in [2.24, 2.45) is 23.7 Å². The van der Waals surface area contributed by atoms with Gasteiger partial charge in [-0.2, -0.15) is 0 Å². The average molecular weight is 358 g/mol. The van der Waals surface area contributed by atoms with Crippen molar-refractivity contribution >= 4 is 11.9 Å². The Morgan fingerprint density at radius 1 is 0.923 bits per heavy atom. The average Bonchev–Trinajstić information content (AvgIpc) is 3.41. The van der Waals surface area contributed by atoms with Crippen molar-refractivity contribution in [3.63, 3.8) is 0 Å². The molecule has 4 heteroatoms. The first kappa shape index (κ1) is 17.8. The highest BCUT2D eigenvalue weighted by Crippen LogP contribution is 2.45. The van der Waals surface area contributed by atoms with Crippen LogP contribution in [0.4, 0.5) is 0 Å². The Morgan fingerprint density at radius 2 is 1.46 bits per heavy atom. The van der Waals surface area contributed by atoms with Crippen molar-refractivity contribution in [2.45, 2.75) is 77.4 Å². The second-order valence-corrected chi connectivity index (χ2v) is 8.52. The van der Waals surface area contributed by atoms with Gasteiger partial charge in [0.05, 0.1) is 0 Å². The van der Waals surface area contributed by atoms with Crippen molar-refractivity contribution in [1.82, 2.24) is 0 Å². The molecule has 4 unspecified atom stereocenters. The summed E-state index contributed by atoms with van der Waals surface area (Å²) in [5.41, 5.74) is 1.63. The number of rotatable bonds is 8. The molecule has 0 aromatic rings. The Bertz CT molecular complexity index is 582. The summed E-state index contributed by atoms with van der Waals surface area (Å²) < 4.78 is 11.3. The summed E-state index contributed by atoms with van der Waals surface area (Å²) in [5, 5.41) is 0. The predicted octanol–water partition coefficient (Wildman–Crippen LogP) is 4.69. The van der Waals surface area contributed by atoms with Crippen molar-refractivity contribution < 1.29 is 19.1 Å². The summed E-state index contributed by atoms with van der Waals surface area (Å²) in [5.74, 6) is 1.26. The second kappa shape index (κ2) is 7.58. The largest absolute Gasteiger partial charge is 0.422 e. The summed E-state index contributed by atoms with van der Waals surface area (Å²) in [6.45, 7) is 2.13. The number of hydrogen-bond acceptors (Lipinski definition) is 4. The minimum Gasteiger partial charge on any atom is -0.422 e. The lowest BCUT2D eigenvalue weighted by Gasteiger charge is -2.22. The van der Waals surface area contributed by atoms with Gasteiger partial charge in [-0.25, -0.2) is 9.59 Å². The standard InChI is InChI=1S/C22H30O4/c1-2-3-4-5-20(25-21(23)18-12-14-6-8-16(18)10-14)26-22(24)19-13-15-7-9-17(19)11-15/h12-17,20H,2-11H2,1H3. The van der Waals surface area contributed by atoms with Gasteiger partial charge in [0.25, 0.3) is 0 Å². The summed E-state index contributed by atoms with van der Waals surface area (Å²) in [6, 6.07) is 0. The minimum absolute atomic E-state index is 0.270. The van der Waals surface area contributed by atoms with Crippen LogP contribution in [0.5, 0.6) is 0 Å². The van der Waals surface area contributed by atoms with Crippen LogP contribution in [-0.2, 0) is 19.1 Å². The van der Waals surface area contributed by atoms with E-state index in [0.29, 0.717) is 30.1 Å². The molecule has 0 saturated heterocycles. The van der Waals surface area contributed by atoms with Crippen LogP contribution < -0.4 is 0 Å². The molecular weight excluding hydrogens is 328 g/mol. The molecule has 4 aliphatic rings. The first-order valence-corrected chi connectivity index (χ1v) is 10.5. The molecule has 2 fully saturated rings. The minimum atomic E-state index is -0.749. The molecule has 26 heavy (non-hydrogen) atoms. The Balaban J connectivity index is 1.37. The van der Waals surface area contributed by atoms with Crippen molar-refractivity contribution in [3.8, 4) is 0 Å². The maximum Gasteiger partial charge on any atom is 0.337 e. The highest BCUT2D eigenvalue weighted by Gasteiger charge is 2.39. The van der Waals surface area contributed by atoms with E-state index in [1.165, 1.54) is 12.8 Å². The highest BCUT2D eigenvalue weighted by atomic mass is 16.7. The Morgan fingerprint density at radius 3 is 1.85 bits per heavy atom. The summed E-state index contributed by atoms with van der Waals surface area (Å²) in [6.07, 6.45) is 13.8. The fourth-order valence-corrected chi connectivity index (χ4v) is 5.23. The first-order valence-electron chi connectivity index (χ1n) is 10.5. The molecule has 0 aromatic heterocycles. The molecule has 4 rings (SSSR count). The molecule has 0 aliphatic heterocycles. The number of carbonyl (C=O) groups is 2. The van der Waals surface area contributed by atoms with E-state index in [9.17, 15) is 9.59 Å². The zero-order valence-corrected chi connectivity index (χ0v) is 15.7. The Kier molecular flexibility index (Phi) is 5.19. The molecule has 0 amide bonds. The van der Waals surface area contributed by atoms with Crippen molar-refractivity contribution in [2.75, 3.05) is 0 Å². The molecule has 4 nitrogen and oxygen atoms in total. The van der Waals surface area contributed by atoms with Crippen LogP contribution in [-0.4, -0.2) is 18.2 Å². The van der Waals surface area contributed by atoms with Gasteiger partial charge in [0.1, 0.15) is 0 Å². The van der Waals surface area contributed by atoms with Crippen LogP contribution in [0.15, 0.2) is 23.3 Å². The smallest absolute Gasteiger partial charge is 0.337 e. The number of fused-ring (bicyclic) bond motifs is 4. The van der Waals surface area contributed by atoms with Gasteiger partial charge in [0.2, 0.25) is 6.29 Å². The molecule has 4 bridgehead atoms. The van der Waals surface area contributed by atoms with E-state index in [1.54, 1.807) is 0 Å². The Hall–Kier alpha value is -1.58. The van der Waals surface area contributed by atoms with E-state index in [2.05, 4.69) is 19.1 Å². The SMILES string of the molecule is CCCCCC(OC(=O)C1=CC2CCC1C2)OC(=O)C1=CC2CCC1C2. The fourth-order valence-electron chi connectivity index (χ4n) is 5.23. The summed E-state index contributed by atoms with van der Waals surface area (Å²) in [7, 11) is 0. The van der Waals surface area contributed by atoms with Gasteiger partial charge in [0.15, 0.2) is 0 Å². The zero-order valence-electron chi connectivity index (χ0n) is 15.7. The van der Waals surface area contributed by atoms with E-state index in [0.717, 1.165) is 56.1 Å². The molecule has 0 N–H and O–H groups in total. The molecule has 4 aliphatic carbocycles. The van der Waals surface area contributed by atoms with Crippen molar-refractivity contribution in [1.29, 1.82) is 0 Å². The summed E-state index contributed by atoms with van der Waals surface area (Å²) in [4.78, 5) is 25.2. The van der Waals surface area contributed by atoms with Crippen LogP contribution in [0.1, 0.15) is 71.1 Å². The lowest BCUT2D eigenvalue weighted by Crippen LogP contribution is -2.28. The number of hydrogen-bond donors (Lipinski definition) is 0. The van der Waals surface area contributed by atoms with Gasteiger partial charge < -0.3 is 9.47 Å². The number of esters is 2. The molecular formula is C22H30O4. The monoisotopic (exact) mass is 358 g/mol. The van der Waals surface area contributed by atoms with Crippen molar-refractivity contribution in [3.05, 3.63) is 23.3 Å². The lowest BCUT2D eigenvalue weighted by molar-refractivity contribution is -0.184. The third-order valence-electron chi connectivity index (χ3n) is 6.65. The topological polar surface area (TPSA) is 52.6 Å². The van der Waals surface area contributed by atoms with Gasteiger partial charge in [0, 0.05) is 17.6 Å². The van der Waals surface area contributed by atoms with Crippen LogP contribution in [0.2, 0.25) is 0 Å². The molecule has 4 atom stereocenters. The Labute approximate surface area is 156 Å². The van der Waals surface area contributed by atoms with Gasteiger partial charge in [-0.15, -0.1) is 0 Å². The van der Waals surface area contributed by atoms with Gasteiger partial charge in [-0.1, -0.05) is 31.9 Å². The normalized spacial score (nSPS) is 32.3. The van der Waals surface area contributed by atoms with E-state index in [4.69, 9.17) is 9.47 Å². The first-order chi connectivity index (χ1) is 12.6. The van der Waals surface area contributed by atoms with Gasteiger partial charge in [-0.05, 0) is 68.6 Å². The number of ether oxygens (including phenoxy) is 2. The quantitative estimate of drug-likeness (QED) is 0.359. The maximum atomic E-state index is 12.6. The van der Waals surface area contributed by atoms with Crippen LogP contribution >= 0.6 is 0 Å². The van der Waals surface area contributed by atoms with E-state index >= 15 is 0 Å². The third-order valence-corrected chi connectivity index (χ3v) is 6.65. The third kappa shape index (κ3) is 3.60. The second-order valence-electron chi connectivity index (χ2n) is 8.52. The number of allylic oxidation sites excluding steroid dienone is 2. The van der Waals surface area contributed by atoms with Crippen LogP contribution in [0, 0.1) is 23.7 Å². The number of unbranched alkanes of at least 4 members (excludes halogenated alkanes) is 2. The molecule has 0 radical (unpaired) electrons. The molecule has 0 aromatic carbocycles. The molecule has 0 heterocycles. The van der Waals surface area contributed by atoms with Crippen LogP contribution in [0.25, 0.3) is 0 Å². The lowest BCUT2D eigenvalue weighted by atomic mass is 9.98. The van der Waals surface area contributed by atoms with Gasteiger partial charge >= 0.3 is 11.9 Å². The van der Waals surface area contributed by atoms with Crippen LogP contribution in [0.3, 0.4) is 0 Å². The molecule has 2 saturated carbocycles. The highest BCUT2D eigenvalue weighted by molar-refractivity contribution is 5.91. The van der Waals surface area contributed by atoms with Gasteiger partial charge in [-0.3, -0.25) is 0 Å². The fraction of sp³-hybridized carbons (Fsp3) is 0.727. The molecule has 142 valence electrons. The predicted molar refractivity (Wildman–Crippen MR) is 97.9 cm³/mol. The zero-order chi connectivity index (χ0) is 18.1. The number of carbonyl (C=O) groups excluding carboxylic acids is 2. The summed E-state index contributed by atoms with van der Waals surface area (Å²) >= 11 is 0. The van der Waals surface area contributed by atoms with E-state index in [1.807, 2.05) is 0 Å². The molecule has 0 spiro atoms. The van der Waals surface area contributed by atoms with E-state index < -0.39 is 6.29 Å². The maximum absolute atomic E-state index is 12.6. The van der Waals surface area contributed by atoms with E-state index in [-0.39, 0.29) is 11.9 Å².